The Morgan fingerprint density at radius 1 is 1.25 bits per heavy atom. The summed E-state index contributed by atoms with van der Waals surface area (Å²) in [6.45, 7) is 1.11. The van der Waals surface area contributed by atoms with E-state index >= 15 is 0 Å². The summed E-state index contributed by atoms with van der Waals surface area (Å²) in [7, 11) is 1.82. The molecule has 5 nitrogen and oxygen atoms in total. The fourth-order valence-corrected chi connectivity index (χ4v) is 1.83. The van der Waals surface area contributed by atoms with Crippen LogP contribution in [0.25, 0.3) is 0 Å². The number of aliphatic hydroxyl groups is 1. The van der Waals surface area contributed by atoms with Crippen molar-refractivity contribution in [2.75, 3.05) is 30.8 Å². The zero-order chi connectivity index (χ0) is 11.8. The number of rotatable bonds is 7. The van der Waals surface area contributed by atoms with E-state index < -0.39 is 0 Å². The Kier molecular flexibility index (Phi) is 6.10. The van der Waals surface area contributed by atoms with Gasteiger partial charge in [0.25, 0.3) is 0 Å². The number of nitrogens with zero attached hydrogens (tertiary/aromatic N) is 2. The summed E-state index contributed by atoms with van der Waals surface area (Å²) in [5.41, 5.74) is 0. The normalized spacial score (nSPS) is 10.2. The van der Waals surface area contributed by atoms with Crippen molar-refractivity contribution in [3.8, 4) is 0 Å². The van der Waals surface area contributed by atoms with Gasteiger partial charge in [-0.05, 0) is 35.2 Å². The van der Waals surface area contributed by atoms with E-state index in [9.17, 15) is 0 Å². The lowest BCUT2D eigenvalue weighted by atomic mass is 10.2. The van der Waals surface area contributed by atoms with Gasteiger partial charge >= 0.3 is 0 Å². The molecule has 0 unspecified atom stereocenters. The third-order valence-electron chi connectivity index (χ3n) is 2.15. The third-order valence-corrected chi connectivity index (χ3v) is 2.90. The predicted octanol–water partition coefficient (Wildman–Crippen LogP) is 1.86. The lowest BCUT2D eigenvalue weighted by molar-refractivity contribution is 0.283. The second kappa shape index (κ2) is 7.40. The SMILES string of the molecule is CNc1ncnc(NCCCCCO)c1Br. The van der Waals surface area contributed by atoms with Gasteiger partial charge < -0.3 is 15.7 Å². The van der Waals surface area contributed by atoms with E-state index in [0.717, 1.165) is 41.9 Å². The molecule has 0 amide bonds. The van der Waals surface area contributed by atoms with Crippen LogP contribution in [0.5, 0.6) is 0 Å². The van der Waals surface area contributed by atoms with Gasteiger partial charge in [-0.3, -0.25) is 0 Å². The van der Waals surface area contributed by atoms with Gasteiger partial charge in [-0.1, -0.05) is 0 Å². The minimum atomic E-state index is 0.265. The summed E-state index contributed by atoms with van der Waals surface area (Å²) in [5, 5.41) is 14.8. The lowest BCUT2D eigenvalue weighted by Crippen LogP contribution is -2.06. The average molecular weight is 289 g/mol. The van der Waals surface area contributed by atoms with Gasteiger partial charge in [0.2, 0.25) is 0 Å². The Bertz CT molecular complexity index is 322. The number of hydrogen-bond acceptors (Lipinski definition) is 5. The van der Waals surface area contributed by atoms with E-state index in [1.165, 1.54) is 6.33 Å². The van der Waals surface area contributed by atoms with Crippen LogP contribution in [0.4, 0.5) is 11.6 Å². The molecule has 0 fully saturated rings. The minimum Gasteiger partial charge on any atom is -0.396 e. The smallest absolute Gasteiger partial charge is 0.145 e. The molecule has 0 aliphatic carbocycles. The van der Waals surface area contributed by atoms with Crippen LogP contribution in [0.3, 0.4) is 0 Å². The second-order valence-corrected chi connectivity index (χ2v) is 4.14. The van der Waals surface area contributed by atoms with Crippen LogP contribution in [0.15, 0.2) is 10.8 Å². The van der Waals surface area contributed by atoms with E-state index in [-0.39, 0.29) is 6.61 Å². The van der Waals surface area contributed by atoms with E-state index in [4.69, 9.17) is 5.11 Å². The van der Waals surface area contributed by atoms with E-state index in [2.05, 4.69) is 36.5 Å². The number of nitrogens with one attached hydrogen (secondary N) is 2. The number of aliphatic hydroxyl groups excluding tert-OH is 1. The largest absolute Gasteiger partial charge is 0.396 e. The molecule has 6 heteroatoms. The molecule has 0 aliphatic rings. The molecular weight excluding hydrogens is 272 g/mol. The molecule has 1 rings (SSSR count). The van der Waals surface area contributed by atoms with Gasteiger partial charge in [-0.15, -0.1) is 0 Å². The Morgan fingerprint density at radius 3 is 2.69 bits per heavy atom. The highest BCUT2D eigenvalue weighted by molar-refractivity contribution is 9.10. The number of hydrogen-bond donors (Lipinski definition) is 3. The van der Waals surface area contributed by atoms with E-state index in [1.54, 1.807) is 0 Å². The molecule has 0 bridgehead atoms. The molecule has 0 aromatic carbocycles. The minimum absolute atomic E-state index is 0.265. The molecule has 3 N–H and O–H groups in total. The van der Waals surface area contributed by atoms with Gasteiger partial charge in [-0.25, -0.2) is 9.97 Å². The number of halogens is 1. The highest BCUT2D eigenvalue weighted by Gasteiger charge is 2.05. The van der Waals surface area contributed by atoms with E-state index in [0.29, 0.717) is 0 Å². The van der Waals surface area contributed by atoms with Crippen LogP contribution in [-0.4, -0.2) is 35.3 Å². The number of aromatic nitrogens is 2. The van der Waals surface area contributed by atoms with Crippen LogP contribution in [0.2, 0.25) is 0 Å². The van der Waals surface area contributed by atoms with Crippen LogP contribution in [0.1, 0.15) is 19.3 Å². The summed E-state index contributed by atoms with van der Waals surface area (Å²) < 4.78 is 0.847. The molecule has 0 aliphatic heterocycles. The Hall–Kier alpha value is -0.880. The maximum Gasteiger partial charge on any atom is 0.145 e. The highest BCUT2D eigenvalue weighted by Crippen LogP contribution is 2.25. The average Bonchev–Trinajstić information content (AvgIpc) is 2.31. The van der Waals surface area contributed by atoms with Crippen molar-refractivity contribution in [3.05, 3.63) is 10.8 Å². The van der Waals surface area contributed by atoms with Crippen molar-refractivity contribution < 1.29 is 5.11 Å². The van der Waals surface area contributed by atoms with Crippen molar-refractivity contribution in [3.63, 3.8) is 0 Å². The monoisotopic (exact) mass is 288 g/mol. The summed E-state index contributed by atoms with van der Waals surface area (Å²) >= 11 is 3.43. The predicted molar refractivity (Wildman–Crippen MR) is 68.7 cm³/mol. The van der Waals surface area contributed by atoms with Crippen LogP contribution in [0, 0.1) is 0 Å². The highest BCUT2D eigenvalue weighted by atomic mass is 79.9. The standard InChI is InChI=1S/C10H17BrN4O/c1-12-9-8(11)10(15-7-14-9)13-5-3-2-4-6-16/h7,16H,2-6H2,1H3,(H2,12,13,14,15). The van der Waals surface area contributed by atoms with Crippen LogP contribution in [-0.2, 0) is 0 Å². The summed E-state index contributed by atoms with van der Waals surface area (Å²) in [6, 6.07) is 0. The Morgan fingerprint density at radius 2 is 2.00 bits per heavy atom. The molecule has 1 aromatic rings. The quantitative estimate of drug-likeness (QED) is 0.668. The zero-order valence-electron chi connectivity index (χ0n) is 9.33. The first kappa shape index (κ1) is 13.2. The van der Waals surface area contributed by atoms with Crippen molar-refractivity contribution >= 4 is 27.6 Å². The molecule has 0 atom stereocenters. The fourth-order valence-electron chi connectivity index (χ4n) is 1.29. The zero-order valence-corrected chi connectivity index (χ0v) is 10.9. The molecule has 0 saturated carbocycles. The van der Waals surface area contributed by atoms with Crippen molar-refractivity contribution in [2.45, 2.75) is 19.3 Å². The molecule has 1 heterocycles. The van der Waals surface area contributed by atoms with Gasteiger partial charge in [0.1, 0.15) is 22.4 Å². The first-order valence-electron chi connectivity index (χ1n) is 5.32. The molecule has 0 spiro atoms. The van der Waals surface area contributed by atoms with Crippen LogP contribution < -0.4 is 10.6 Å². The summed E-state index contributed by atoms with van der Waals surface area (Å²) in [5.74, 6) is 1.57. The Balaban J connectivity index is 2.41. The molecule has 16 heavy (non-hydrogen) atoms. The first-order valence-corrected chi connectivity index (χ1v) is 6.12. The van der Waals surface area contributed by atoms with Gasteiger partial charge in [-0.2, -0.15) is 0 Å². The van der Waals surface area contributed by atoms with Crippen molar-refractivity contribution in [1.82, 2.24) is 9.97 Å². The molecule has 0 radical (unpaired) electrons. The van der Waals surface area contributed by atoms with E-state index in [1.807, 2.05) is 7.05 Å². The van der Waals surface area contributed by atoms with Gasteiger partial charge in [0, 0.05) is 20.2 Å². The fraction of sp³-hybridized carbons (Fsp3) is 0.600. The van der Waals surface area contributed by atoms with Crippen molar-refractivity contribution in [1.29, 1.82) is 0 Å². The summed E-state index contributed by atoms with van der Waals surface area (Å²) in [4.78, 5) is 8.22. The Labute approximate surface area is 104 Å². The topological polar surface area (TPSA) is 70.1 Å². The molecular formula is C10H17BrN4O. The first-order chi connectivity index (χ1) is 7.79. The number of unbranched alkanes of at least 4 members (excludes halogenated alkanes) is 2. The van der Waals surface area contributed by atoms with Crippen LogP contribution >= 0.6 is 15.9 Å². The second-order valence-electron chi connectivity index (χ2n) is 3.35. The molecule has 0 saturated heterocycles. The lowest BCUT2D eigenvalue weighted by Gasteiger charge is -2.09. The molecule has 90 valence electrons. The van der Waals surface area contributed by atoms with Gasteiger partial charge in [0.15, 0.2) is 0 Å². The van der Waals surface area contributed by atoms with Gasteiger partial charge in [0.05, 0.1) is 0 Å². The molecule has 1 aromatic heterocycles. The maximum absolute atomic E-state index is 8.64. The maximum atomic E-state index is 8.64. The summed E-state index contributed by atoms with van der Waals surface area (Å²) in [6.07, 6.45) is 4.41. The number of anilines is 2. The third kappa shape index (κ3) is 3.94. The van der Waals surface area contributed by atoms with Crippen molar-refractivity contribution in [2.24, 2.45) is 0 Å².